The normalized spacial score (nSPS) is 10.2. The van der Waals surface area contributed by atoms with E-state index in [0.29, 0.717) is 5.56 Å². The Kier molecular flexibility index (Phi) is 4.89. The van der Waals surface area contributed by atoms with E-state index in [1.54, 1.807) is 6.07 Å². The number of carbonyl (C=O) groups is 1. The fourth-order valence-corrected chi connectivity index (χ4v) is 1.30. The van der Waals surface area contributed by atoms with Crippen molar-refractivity contribution < 1.29 is 9.72 Å². The fourth-order valence-electron chi connectivity index (χ4n) is 1.25. The molecule has 0 radical (unpaired) electrons. The number of amides is 1. The molecule has 0 fully saturated rings. The Morgan fingerprint density at radius 3 is 2.79 bits per heavy atom. The second kappa shape index (κ2) is 6.40. The molecule has 1 amide bonds. The van der Waals surface area contributed by atoms with Crippen molar-refractivity contribution in [2.24, 2.45) is 10.8 Å². The van der Waals surface area contributed by atoms with Crippen LogP contribution in [0.2, 0.25) is 0 Å². The van der Waals surface area contributed by atoms with E-state index in [2.05, 4.69) is 28.1 Å². The van der Waals surface area contributed by atoms with Gasteiger partial charge in [-0.1, -0.05) is 6.07 Å². The van der Waals surface area contributed by atoms with Crippen molar-refractivity contribution >= 4 is 40.8 Å². The van der Waals surface area contributed by atoms with E-state index in [4.69, 9.17) is 5.73 Å². The third kappa shape index (κ3) is 4.68. The van der Waals surface area contributed by atoms with E-state index in [-0.39, 0.29) is 22.4 Å². The zero-order chi connectivity index (χ0) is 14.4. The van der Waals surface area contributed by atoms with E-state index in [9.17, 15) is 14.9 Å². The number of rotatable bonds is 4. The van der Waals surface area contributed by atoms with Crippen LogP contribution in [0, 0.1) is 10.1 Å². The van der Waals surface area contributed by atoms with Gasteiger partial charge in [-0.2, -0.15) is 5.10 Å². The lowest BCUT2D eigenvalue weighted by Gasteiger charge is -2.04. The summed E-state index contributed by atoms with van der Waals surface area (Å²) < 4.78 is 0. The topological polar surface area (TPSA) is 123 Å². The van der Waals surface area contributed by atoms with Gasteiger partial charge in [-0.25, -0.2) is 0 Å². The van der Waals surface area contributed by atoms with Crippen LogP contribution in [-0.4, -0.2) is 22.2 Å². The molecule has 1 rings (SSSR count). The van der Waals surface area contributed by atoms with Crippen LogP contribution in [0.4, 0.5) is 11.4 Å². The summed E-state index contributed by atoms with van der Waals surface area (Å²) in [6.07, 6.45) is 1.32. The first-order valence-electron chi connectivity index (χ1n) is 5.04. The summed E-state index contributed by atoms with van der Waals surface area (Å²) in [5.41, 5.74) is 7.85. The average molecular weight is 281 g/mol. The maximum absolute atomic E-state index is 10.9. The highest BCUT2D eigenvalue weighted by molar-refractivity contribution is 7.80. The standard InChI is InChI=1S/C10H11N5O3S/c1-6(16)13-8-3-2-7(4-9(8)15(17)18)5-12-14-10(11)19/h2-5H,1H3,(H,13,16)(H3,11,14,19)/b12-5+. The largest absolute Gasteiger partial charge is 0.375 e. The number of nitrogens with zero attached hydrogens (tertiary/aromatic N) is 2. The summed E-state index contributed by atoms with van der Waals surface area (Å²) in [7, 11) is 0. The minimum atomic E-state index is -0.594. The van der Waals surface area contributed by atoms with Crippen molar-refractivity contribution in [3.8, 4) is 0 Å². The number of carbonyl (C=O) groups excluding carboxylic acids is 1. The second-order valence-electron chi connectivity index (χ2n) is 3.45. The molecule has 0 aromatic heterocycles. The highest BCUT2D eigenvalue weighted by atomic mass is 32.1. The van der Waals surface area contributed by atoms with E-state index in [0.717, 1.165) is 0 Å². The number of anilines is 1. The Bertz CT molecular complexity index is 558. The van der Waals surface area contributed by atoms with Crippen LogP contribution in [-0.2, 0) is 4.79 Å². The van der Waals surface area contributed by atoms with E-state index in [1.165, 1.54) is 25.3 Å². The van der Waals surface area contributed by atoms with Crippen LogP contribution < -0.4 is 16.5 Å². The van der Waals surface area contributed by atoms with Gasteiger partial charge in [-0.3, -0.25) is 20.3 Å². The number of nitro groups is 1. The third-order valence-electron chi connectivity index (χ3n) is 1.92. The zero-order valence-electron chi connectivity index (χ0n) is 9.91. The lowest BCUT2D eigenvalue weighted by atomic mass is 10.2. The van der Waals surface area contributed by atoms with Crippen molar-refractivity contribution in [3.63, 3.8) is 0 Å². The van der Waals surface area contributed by atoms with Crippen molar-refractivity contribution in [1.29, 1.82) is 0 Å². The molecule has 0 aliphatic rings. The highest BCUT2D eigenvalue weighted by Gasteiger charge is 2.14. The van der Waals surface area contributed by atoms with Gasteiger partial charge in [0, 0.05) is 18.6 Å². The molecule has 0 saturated heterocycles. The molecule has 1 aromatic rings. The molecule has 0 aliphatic carbocycles. The average Bonchev–Trinajstić information content (AvgIpc) is 2.29. The van der Waals surface area contributed by atoms with Crippen LogP contribution in [0.15, 0.2) is 23.3 Å². The van der Waals surface area contributed by atoms with Gasteiger partial charge in [-0.05, 0) is 18.3 Å². The Morgan fingerprint density at radius 2 is 2.26 bits per heavy atom. The Balaban J connectivity index is 3.02. The van der Waals surface area contributed by atoms with Crippen LogP contribution in [0.5, 0.6) is 0 Å². The summed E-state index contributed by atoms with van der Waals surface area (Å²) in [4.78, 5) is 21.2. The monoisotopic (exact) mass is 281 g/mol. The zero-order valence-corrected chi connectivity index (χ0v) is 10.7. The van der Waals surface area contributed by atoms with Gasteiger partial charge in [0.05, 0.1) is 11.1 Å². The predicted molar refractivity (Wildman–Crippen MR) is 74.9 cm³/mol. The molecule has 0 atom stereocenters. The number of nitro benzene ring substituents is 1. The molecule has 0 aliphatic heterocycles. The van der Waals surface area contributed by atoms with Crippen LogP contribution in [0.3, 0.4) is 0 Å². The second-order valence-corrected chi connectivity index (χ2v) is 3.89. The van der Waals surface area contributed by atoms with Crippen LogP contribution in [0.25, 0.3) is 0 Å². The minimum Gasteiger partial charge on any atom is -0.375 e. The van der Waals surface area contributed by atoms with Crippen LogP contribution >= 0.6 is 12.2 Å². The quantitative estimate of drug-likeness (QED) is 0.323. The van der Waals surface area contributed by atoms with Gasteiger partial charge in [0.1, 0.15) is 5.69 Å². The smallest absolute Gasteiger partial charge is 0.293 e. The first kappa shape index (κ1) is 14.5. The molecular weight excluding hydrogens is 270 g/mol. The van der Waals surface area contributed by atoms with Gasteiger partial charge >= 0.3 is 0 Å². The molecule has 1 aromatic carbocycles. The first-order valence-corrected chi connectivity index (χ1v) is 5.45. The van der Waals surface area contributed by atoms with Crippen molar-refractivity contribution in [3.05, 3.63) is 33.9 Å². The third-order valence-corrected chi connectivity index (χ3v) is 2.01. The molecule has 0 bridgehead atoms. The summed E-state index contributed by atoms with van der Waals surface area (Å²) in [6, 6.07) is 4.25. The molecule has 4 N–H and O–H groups in total. The molecule has 100 valence electrons. The number of benzene rings is 1. The number of hydrogen-bond acceptors (Lipinski definition) is 5. The predicted octanol–water partition coefficient (Wildman–Crippen LogP) is 0.720. The van der Waals surface area contributed by atoms with Gasteiger partial charge < -0.3 is 11.1 Å². The van der Waals surface area contributed by atoms with Gasteiger partial charge in [0.15, 0.2) is 5.11 Å². The van der Waals surface area contributed by atoms with Gasteiger partial charge in [0.2, 0.25) is 5.91 Å². The summed E-state index contributed by atoms with van der Waals surface area (Å²) in [5.74, 6) is -0.389. The SMILES string of the molecule is CC(=O)Nc1ccc(/C=N/NC(N)=S)cc1[N+](=O)[O-]. The molecule has 0 saturated carbocycles. The molecular formula is C10H11N5O3S. The van der Waals surface area contributed by atoms with Crippen molar-refractivity contribution in [1.82, 2.24) is 5.43 Å². The highest BCUT2D eigenvalue weighted by Crippen LogP contribution is 2.24. The first-order chi connectivity index (χ1) is 8.90. The number of thiocarbonyl (C=S) groups is 1. The summed E-state index contributed by atoms with van der Waals surface area (Å²) >= 11 is 4.54. The molecule has 0 heterocycles. The molecule has 9 heteroatoms. The lowest BCUT2D eigenvalue weighted by molar-refractivity contribution is -0.383. The minimum absolute atomic E-state index is 0.0133. The molecule has 0 unspecified atom stereocenters. The number of hydrazone groups is 1. The van der Waals surface area contributed by atoms with Crippen LogP contribution in [0.1, 0.15) is 12.5 Å². The van der Waals surface area contributed by atoms with Crippen molar-refractivity contribution in [2.45, 2.75) is 6.92 Å². The van der Waals surface area contributed by atoms with E-state index >= 15 is 0 Å². The molecule has 19 heavy (non-hydrogen) atoms. The number of nitrogens with two attached hydrogens (primary N) is 1. The molecule has 0 spiro atoms. The lowest BCUT2D eigenvalue weighted by Crippen LogP contribution is -2.24. The van der Waals surface area contributed by atoms with Gasteiger partial charge in [-0.15, -0.1) is 0 Å². The Hall–Kier alpha value is -2.55. The maximum Gasteiger partial charge on any atom is 0.293 e. The molecule has 8 nitrogen and oxygen atoms in total. The van der Waals surface area contributed by atoms with Crippen molar-refractivity contribution in [2.75, 3.05) is 5.32 Å². The number of hydrogen-bond donors (Lipinski definition) is 3. The van der Waals surface area contributed by atoms with E-state index < -0.39 is 4.92 Å². The Morgan fingerprint density at radius 1 is 1.58 bits per heavy atom. The number of nitrogens with one attached hydrogen (secondary N) is 2. The maximum atomic E-state index is 10.9. The summed E-state index contributed by atoms with van der Waals surface area (Å²) in [6.45, 7) is 1.27. The summed E-state index contributed by atoms with van der Waals surface area (Å²) in [5, 5.41) is 16.9. The van der Waals surface area contributed by atoms with Gasteiger partial charge in [0.25, 0.3) is 5.69 Å². The Labute approximate surface area is 113 Å². The van der Waals surface area contributed by atoms with E-state index in [1.807, 2.05) is 0 Å². The fraction of sp³-hybridized carbons (Fsp3) is 0.100.